The zero-order valence-corrected chi connectivity index (χ0v) is 17.7. The summed E-state index contributed by atoms with van der Waals surface area (Å²) in [4.78, 5) is 0. The molecule has 0 saturated heterocycles. The molecule has 2 aromatic carbocycles. The van der Waals surface area contributed by atoms with Gasteiger partial charge in [-0.15, -0.1) is 0 Å². The van der Waals surface area contributed by atoms with Gasteiger partial charge in [-0.1, -0.05) is 0 Å². The zero-order chi connectivity index (χ0) is 15.6. The van der Waals surface area contributed by atoms with E-state index >= 15 is 0 Å². The summed E-state index contributed by atoms with van der Waals surface area (Å²) in [6, 6.07) is 7.99. The topological polar surface area (TPSA) is 18.5 Å². The van der Waals surface area contributed by atoms with E-state index in [1.165, 1.54) is 0 Å². The van der Waals surface area contributed by atoms with Gasteiger partial charge in [0.25, 0.3) is 0 Å². The zero-order valence-electron chi connectivity index (χ0n) is 11.3. The van der Waals surface area contributed by atoms with E-state index in [0.717, 1.165) is 40.5 Å². The average Bonchev–Trinajstić information content (AvgIpc) is 2.34. The Bertz CT molecular complexity index is 567. The van der Waals surface area contributed by atoms with Crippen molar-refractivity contribution in [3.05, 3.63) is 53.3 Å². The quantitative estimate of drug-likeness (QED) is 0.396. The summed E-state index contributed by atoms with van der Waals surface area (Å²) in [5, 5.41) is 0. The number of aryl methyl sites for hydroxylation is 2. The fourth-order valence-electron chi connectivity index (χ4n) is 1.80. The number of benzene rings is 2. The summed E-state index contributed by atoms with van der Waals surface area (Å²) in [6.45, 7) is 4.16. The van der Waals surface area contributed by atoms with Crippen LogP contribution in [0.5, 0.6) is 11.5 Å². The number of hydrogen-bond acceptors (Lipinski definition) is 2. The molecule has 2 nitrogen and oxygen atoms in total. The number of ether oxygens (including phenoxy) is 2. The molecule has 2 rings (SSSR count). The predicted octanol–water partition coefficient (Wildman–Crippen LogP) is 6.77. The van der Waals surface area contributed by atoms with Gasteiger partial charge in [-0.25, -0.2) is 0 Å². The van der Waals surface area contributed by atoms with Crippen molar-refractivity contribution in [2.24, 2.45) is 0 Å². The van der Waals surface area contributed by atoms with Gasteiger partial charge >= 0.3 is 0 Å². The summed E-state index contributed by atoms with van der Waals surface area (Å²) < 4.78 is 15.0. The maximum absolute atomic E-state index is 5.71. The van der Waals surface area contributed by atoms with Gasteiger partial charge in [0.05, 0.1) is 17.9 Å². The molecule has 0 atom stereocenters. The van der Waals surface area contributed by atoms with Crippen molar-refractivity contribution in [3.63, 3.8) is 0 Å². The Morgan fingerprint density at radius 1 is 0.667 bits per heavy atom. The lowest BCUT2D eigenvalue weighted by Gasteiger charge is -2.14. The molecular weight excluding hydrogens is 532 g/mol. The van der Waals surface area contributed by atoms with E-state index in [1.807, 2.05) is 38.1 Å². The van der Waals surface area contributed by atoms with E-state index in [1.54, 1.807) is 0 Å². The molecule has 0 saturated carbocycles. The molecule has 0 amide bonds. The van der Waals surface area contributed by atoms with Crippen LogP contribution in [-0.4, -0.2) is 6.79 Å². The minimum Gasteiger partial charge on any atom is -0.455 e. The van der Waals surface area contributed by atoms with Gasteiger partial charge in [0.15, 0.2) is 11.5 Å². The third-order valence-electron chi connectivity index (χ3n) is 2.69. The van der Waals surface area contributed by atoms with Crippen molar-refractivity contribution in [1.82, 2.24) is 0 Å². The van der Waals surface area contributed by atoms with Crippen molar-refractivity contribution >= 4 is 63.7 Å². The Morgan fingerprint density at radius 2 is 0.952 bits per heavy atom. The molecule has 0 N–H and O–H groups in total. The lowest BCUT2D eigenvalue weighted by molar-refractivity contribution is 0.116. The van der Waals surface area contributed by atoms with Crippen LogP contribution >= 0.6 is 63.7 Å². The highest BCUT2D eigenvalue weighted by Gasteiger charge is 2.10. The first-order chi connectivity index (χ1) is 9.88. The van der Waals surface area contributed by atoms with Crippen LogP contribution in [-0.2, 0) is 0 Å². The Balaban J connectivity index is 2.09. The molecule has 0 bridgehead atoms. The maximum Gasteiger partial charge on any atom is 0.231 e. The summed E-state index contributed by atoms with van der Waals surface area (Å²) in [5.41, 5.74) is 2.29. The Kier molecular flexibility index (Phi) is 6.17. The number of hydrogen-bond donors (Lipinski definition) is 0. The first-order valence-corrected chi connectivity index (χ1v) is 9.22. The predicted molar refractivity (Wildman–Crippen MR) is 99.3 cm³/mol. The summed E-state index contributed by atoms with van der Waals surface area (Å²) in [7, 11) is 0. The van der Waals surface area contributed by atoms with Crippen molar-refractivity contribution in [1.29, 1.82) is 0 Å². The average molecular weight is 544 g/mol. The van der Waals surface area contributed by atoms with E-state index in [9.17, 15) is 0 Å². The van der Waals surface area contributed by atoms with E-state index in [-0.39, 0.29) is 6.79 Å². The minimum absolute atomic E-state index is 0.112. The first-order valence-electron chi connectivity index (χ1n) is 6.05. The molecule has 0 aliphatic rings. The van der Waals surface area contributed by atoms with E-state index in [2.05, 4.69) is 63.7 Å². The molecule has 0 heterocycles. The highest BCUT2D eigenvalue weighted by molar-refractivity contribution is 9.11. The van der Waals surface area contributed by atoms with E-state index < -0.39 is 0 Å². The van der Waals surface area contributed by atoms with Gasteiger partial charge in [-0.2, -0.15) is 0 Å². The standard InChI is InChI=1S/C15H12Br4O2/c1-8-3-10(16)14(11(17)4-8)20-7-21-15-12(18)5-9(2)6-13(15)19/h3-6H,7H2,1-2H3. The Labute approximate surface area is 157 Å². The van der Waals surface area contributed by atoms with Gasteiger partial charge in [0.1, 0.15) is 0 Å². The first kappa shape index (κ1) is 17.3. The van der Waals surface area contributed by atoms with Crippen LogP contribution < -0.4 is 9.47 Å². The van der Waals surface area contributed by atoms with Gasteiger partial charge < -0.3 is 9.47 Å². The Morgan fingerprint density at radius 3 is 1.24 bits per heavy atom. The number of halogens is 4. The van der Waals surface area contributed by atoms with E-state index in [0.29, 0.717) is 0 Å². The Hall–Kier alpha value is -0.0400. The third-order valence-corrected chi connectivity index (χ3v) is 5.05. The summed E-state index contributed by atoms with van der Waals surface area (Å²) in [6.07, 6.45) is 0. The molecule has 0 aliphatic carbocycles. The monoisotopic (exact) mass is 540 g/mol. The van der Waals surface area contributed by atoms with Crippen LogP contribution in [0.2, 0.25) is 0 Å². The molecule has 6 heteroatoms. The number of rotatable bonds is 4. The third kappa shape index (κ3) is 4.47. The van der Waals surface area contributed by atoms with Crippen LogP contribution in [0.1, 0.15) is 11.1 Å². The van der Waals surface area contributed by atoms with Gasteiger partial charge in [-0.3, -0.25) is 0 Å². The van der Waals surface area contributed by atoms with Gasteiger partial charge in [-0.05, 0) is 113 Å². The molecule has 0 spiro atoms. The largest absolute Gasteiger partial charge is 0.455 e. The minimum atomic E-state index is 0.112. The fourth-order valence-corrected chi connectivity index (χ4v) is 5.08. The van der Waals surface area contributed by atoms with Crippen LogP contribution in [0.25, 0.3) is 0 Å². The second kappa shape index (κ2) is 7.49. The van der Waals surface area contributed by atoms with Gasteiger partial charge in [0, 0.05) is 0 Å². The molecule has 112 valence electrons. The summed E-state index contributed by atoms with van der Waals surface area (Å²) >= 11 is 14.0. The molecule has 0 radical (unpaired) electrons. The van der Waals surface area contributed by atoms with Crippen molar-refractivity contribution in [2.75, 3.05) is 6.79 Å². The van der Waals surface area contributed by atoms with Crippen LogP contribution in [0.3, 0.4) is 0 Å². The van der Waals surface area contributed by atoms with Gasteiger partial charge in [0.2, 0.25) is 6.79 Å². The molecule has 0 fully saturated rings. The molecule has 0 unspecified atom stereocenters. The lowest BCUT2D eigenvalue weighted by Crippen LogP contribution is -2.07. The van der Waals surface area contributed by atoms with Crippen molar-refractivity contribution < 1.29 is 9.47 Å². The van der Waals surface area contributed by atoms with Crippen LogP contribution in [0.15, 0.2) is 42.2 Å². The highest BCUT2D eigenvalue weighted by atomic mass is 79.9. The van der Waals surface area contributed by atoms with E-state index in [4.69, 9.17) is 9.47 Å². The molecule has 0 aromatic heterocycles. The van der Waals surface area contributed by atoms with Crippen LogP contribution in [0, 0.1) is 13.8 Å². The molecular formula is C15H12Br4O2. The SMILES string of the molecule is Cc1cc(Br)c(OCOc2c(Br)cc(C)cc2Br)c(Br)c1. The van der Waals surface area contributed by atoms with Crippen LogP contribution in [0.4, 0.5) is 0 Å². The fraction of sp³-hybridized carbons (Fsp3) is 0.200. The molecule has 2 aromatic rings. The van der Waals surface area contributed by atoms with Crippen molar-refractivity contribution in [3.8, 4) is 11.5 Å². The molecule has 21 heavy (non-hydrogen) atoms. The normalized spacial score (nSPS) is 10.6. The second-order valence-corrected chi connectivity index (χ2v) is 7.94. The van der Waals surface area contributed by atoms with Crippen molar-refractivity contribution in [2.45, 2.75) is 13.8 Å². The lowest BCUT2D eigenvalue weighted by atomic mass is 10.2. The second-order valence-electron chi connectivity index (χ2n) is 4.52. The highest BCUT2D eigenvalue weighted by Crippen LogP contribution is 2.36. The smallest absolute Gasteiger partial charge is 0.231 e. The molecule has 0 aliphatic heterocycles. The summed E-state index contributed by atoms with van der Waals surface area (Å²) in [5.74, 6) is 1.44. The maximum atomic E-state index is 5.71.